The van der Waals surface area contributed by atoms with Crippen molar-refractivity contribution >= 4 is 15.7 Å². The van der Waals surface area contributed by atoms with Gasteiger partial charge in [-0.2, -0.15) is 0 Å². The quantitative estimate of drug-likeness (QED) is 0.784. The standard InChI is InChI=1S/C13H24N2O3S/c1-10(2)13(5-6-14-9-13)12(16)15-11-3-7-19(17,18)8-4-11/h10-11,14H,3-9H2,1-2H3,(H,15,16). The largest absolute Gasteiger partial charge is 0.353 e. The second-order valence-corrected chi connectivity index (χ2v) is 8.44. The van der Waals surface area contributed by atoms with Crippen molar-refractivity contribution in [2.24, 2.45) is 11.3 Å². The lowest BCUT2D eigenvalue weighted by Crippen LogP contribution is -2.51. The molecule has 1 atom stereocenters. The molecule has 6 heteroatoms. The molecule has 19 heavy (non-hydrogen) atoms. The van der Waals surface area contributed by atoms with E-state index in [0.717, 1.165) is 19.5 Å². The van der Waals surface area contributed by atoms with Crippen LogP contribution in [0.2, 0.25) is 0 Å². The van der Waals surface area contributed by atoms with Crippen LogP contribution in [-0.2, 0) is 14.6 Å². The molecule has 0 aliphatic carbocycles. The van der Waals surface area contributed by atoms with E-state index in [1.165, 1.54) is 0 Å². The molecule has 1 unspecified atom stereocenters. The summed E-state index contributed by atoms with van der Waals surface area (Å²) in [5.74, 6) is 0.780. The van der Waals surface area contributed by atoms with Crippen LogP contribution in [0.1, 0.15) is 33.1 Å². The van der Waals surface area contributed by atoms with E-state index in [1.54, 1.807) is 0 Å². The molecule has 0 saturated carbocycles. The van der Waals surface area contributed by atoms with Gasteiger partial charge in [-0.05, 0) is 31.7 Å². The molecule has 2 heterocycles. The minimum atomic E-state index is -2.87. The summed E-state index contributed by atoms with van der Waals surface area (Å²) < 4.78 is 22.8. The lowest BCUT2D eigenvalue weighted by molar-refractivity contribution is -0.133. The highest BCUT2D eigenvalue weighted by molar-refractivity contribution is 7.91. The number of rotatable bonds is 3. The molecule has 0 aromatic rings. The Morgan fingerprint density at radius 2 is 1.95 bits per heavy atom. The van der Waals surface area contributed by atoms with E-state index < -0.39 is 9.84 Å². The van der Waals surface area contributed by atoms with Gasteiger partial charge in [0.25, 0.3) is 0 Å². The minimum absolute atomic E-state index is 0.0206. The molecule has 2 saturated heterocycles. The average molecular weight is 288 g/mol. The fourth-order valence-corrected chi connectivity index (χ4v) is 4.51. The fourth-order valence-electron chi connectivity index (χ4n) is 3.02. The van der Waals surface area contributed by atoms with Gasteiger partial charge in [-0.3, -0.25) is 4.79 Å². The smallest absolute Gasteiger partial charge is 0.228 e. The Hall–Kier alpha value is -0.620. The van der Waals surface area contributed by atoms with Gasteiger partial charge in [0.05, 0.1) is 16.9 Å². The Morgan fingerprint density at radius 3 is 2.42 bits per heavy atom. The maximum atomic E-state index is 12.5. The predicted octanol–water partition coefficient (Wildman–Crippen LogP) is 0.316. The Morgan fingerprint density at radius 1 is 1.32 bits per heavy atom. The van der Waals surface area contributed by atoms with Crippen molar-refractivity contribution in [3.63, 3.8) is 0 Å². The lowest BCUT2D eigenvalue weighted by Gasteiger charge is -2.34. The van der Waals surface area contributed by atoms with Crippen LogP contribution < -0.4 is 10.6 Å². The number of amides is 1. The van der Waals surface area contributed by atoms with E-state index in [0.29, 0.717) is 12.8 Å². The van der Waals surface area contributed by atoms with Gasteiger partial charge in [0.1, 0.15) is 9.84 Å². The highest BCUT2D eigenvalue weighted by atomic mass is 32.2. The zero-order valence-corrected chi connectivity index (χ0v) is 12.6. The number of sulfone groups is 1. The number of nitrogens with one attached hydrogen (secondary N) is 2. The van der Waals surface area contributed by atoms with Crippen LogP contribution in [0.3, 0.4) is 0 Å². The minimum Gasteiger partial charge on any atom is -0.353 e. The summed E-state index contributed by atoms with van der Waals surface area (Å²) in [6.45, 7) is 5.77. The lowest BCUT2D eigenvalue weighted by atomic mass is 9.75. The molecule has 0 aromatic carbocycles. The van der Waals surface area contributed by atoms with Crippen LogP contribution in [0.15, 0.2) is 0 Å². The van der Waals surface area contributed by atoms with Crippen molar-refractivity contribution in [2.75, 3.05) is 24.6 Å². The SMILES string of the molecule is CC(C)C1(C(=O)NC2CCS(=O)(=O)CC2)CCNC1. The van der Waals surface area contributed by atoms with Crippen LogP contribution in [0.4, 0.5) is 0 Å². The van der Waals surface area contributed by atoms with E-state index >= 15 is 0 Å². The van der Waals surface area contributed by atoms with Crippen LogP contribution in [0.5, 0.6) is 0 Å². The maximum Gasteiger partial charge on any atom is 0.228 e. The number of carbonyl (C=O) groups is 1. The van der Waals surface area contributed by atoms with E-state index in [1.807, 2.05) is 0 Å². The van der Waals surface area contributed by atoms with Gasteiger partial charge in [-0.1, -0.05) is 13.8 Å². The molecule has 5 nitrogen and oxygen atoms in total. The molecule has 1 amide bonds. The normalized spacial score (nSPS) is 31.5. The Kier molecular flexibility index (Phi) is 4.20. The highest BCUT2D eigenvalue weighted by Gasteiger charge is 2.44. The van der Waals surface area contributed by atoms with E-state index in [9.17, 15) is 13.2 Å². The highest BCUT2D eigenvalue weighted by Crippen LogP contribution is 2.34. The van der Waals surface area contributed by atoms with Crippen LogP contribution in [-0.4, -0.2) is 45.0 Å². The Bertz CT molecular complexity index is 425. The van der Waals surface area contributed by atoms with Crippen molar-refractivity contribution < 1.29 is 13.2 Å². The van der Waals surface area contributed by atoms with E-state index in [4.69, 9.17) is 0 Å². The Balaban J connectivity index is 1.97. The van der Waals surface area contributed by atoms with Crippen molar-refractivity contribution in [3.8, 4) is 0 Å². The first-order valence-corrected chi connectivity index (χ1v) is 8.90. The second-order valence-electron chi connectivity index (χ2n) is 6.14. The van der Waals surface area contributed by atoms with Crippen molar-refractivity contribution in [2.45, 2.75) is 39.2 Å². The number of hydrogen-bond donors (Lipinski definition) is 2. The van der Waals surface area contributed by atoms with Gasteiger partial charge in [0.15, 0.2) is 0 Å². The van der Waals surface area contributed by atoms with E-state index in [-0.39, 0.29) is 34.8 Å². The molecular weight excluding hydrogens is 264 g/mol. The molecule has 2 fully saturated rings. The number of carbonyl (C=O) groups excluding carboxylic acids is 1. The van der Waals surface area contributed by atoms with Gasteiger partial charge in [-0.15, -0.1) is 0 Å². The van der Waals surface area contributed by atoms with Gasteiger partial charge < -0.3 is 10.6 Å². The van der Waals surface area contributed by atoms with Gasteiger partial charge in [0, 0.05) is 12.6 Å². The summed E-state index contributed by atoms with van der Waals surface area (Å²) in [5, 5.41) is 6.35. The summed E-state index contributed by atoms with van der Waals surface area (Å²) in [6.07, 6.45) is 1.97. The molecule has 2 rings (SSSR count). The zero-order valence-electron chi connectivity index (χ0n) is 11.7. The van der Waals surface area contributed by atoms with E-state index in [2.05, 4.69) is 24.5 Å². The summed E-state index contributed by atoms with van der Waals surface area (Å²) in [5.41, 5.74) is -0.323. The third-order valence-electron chi connectivity index (χ3n) is 4.64. The summed E-state index contributed by atoms with van der Waals surface area (Å²) in [7, 11) is -2.87. The van der Waals surface area contributed by atoms with Gasteiger partial charge >= 0.3 is 0 Å². The van der Waals surface area contributed by atoms with Crippen molar-refractivity contribution in [1.29, 1.82) is 0 Å². The van der Waals surface area contributed by atoms with Crippen LogP contribution in [0, 0.1) is 11.3 Å². The van der Waals surface area contributed by atoms with Crippen LogP contribution in [0.25, 0.3) is 0 Å². The second kappa shape index (κ2) is 5.40. The van der Waals surface area contributed by atoms with Crippen molar-refractivity contribution in [1.82, 2.24) is 10.6 Å². The summed E-state index contributed by atoms with van der Waals surface area (Å²) >= 11 is 0. The monoisotopic (exact) mass is 288 g/mol. The molecule has 2 N–H and O–H groups in total. The Labute approximate surface area is 115 Å². The third-order valence-corrected chi connectivity index (χ3v) is 6.35. The molecule has 0 radical (unpaired) electrons. The molecule has 0 spiro atoms. The fraction of sp³-hybridized carbons (Fsp3) is 0.923. The van der Waals surface area contributed by atoms with Gasteiger partial charge in [-0.25, -0.2) is 8.42 Å². The van der Waals surface area contributed by atoms with Gasteiger partial charge in [0.2, 0.25) is 5.91 Å². The maximum absolute atomic E-state index is 12.5. The molecule has 0 bridgehead atoms. The molecule has 110 valence electrons. The number of hydrogen-bond acceptors (Lipinski definition) is 4. The first-order chi connectivity index (χ1) is 8.86. The third kappa shape index (κ3) is 3.11. The van der Waals surface area contributed by atoms with Crippen molar-refractivity contribution in [3.05, 3.63) is 0 Å². The zero-order chi connectivity index (χ0) is 14.1. The predicted molar refractivity (Wildman–Crippen MR) is 74.6 cm³/mol. The summed E-state index contributed by atoms with van der Waals surface area (Å²) in [6, 6.07) is 0.0206. The molecule has 2 aliphatic heterocycles. The first kappa shape index (κ1) is 14.8. The molecular formula is C13H24N2O3S. The average Bonchev–Trinajstić information content (AvgIpc) is 2.82. The summed E-state index contributed by atoms with van der Waals surface area (Å²) in [4.78, 5) is 12.5. The molecule has 2 aliphatic rings. The molecule has 0 aromatic heterocycles. The van der Waals surface area contributed by atoms with Crippen LogP contribution >= 0.6 is 0 Å². The topological polar surface area (TPSA) is 75.3 Å². The first-order valence-electron chi connectivity index (χ1n) is 7.08.